The number of H-pyrrole nitrogens is 1. The van der Waals surface area contributed by atoms with Crippen LogP contribution in [0.4, 0.5) is 5.95 Å². The molecule has 0 atom stereocenters. The van der Waals surface area contributed by atoms with E-state index in [9.17, 15) is 9.59 Å². The van der Waals surface area contributed by atoms with E-state index >= 15 is 0 Å². The van der Waals surface area contributed by atoms with Crippen LogP contribution in [0, 0.1) is 0 Å². The van der Waals surface area contributed by atoms with E-state index in [1.165, 1.54) is 0 Å². The lowest BCUT2D eigenvalue weighted by Crippen LogP contribution is -2.28. The second-order valence-electron chi connectivity index (χ2n) is 7.00. The fourth-order valence-electron chi connectivity index (χ4n) is 3.63. The van der Waals surface area contributed by atoms with Gasteiger partial charge in [0.1, 0.15) is 0 Å². The van der Waals surface area contributed by atoms with Crippen LogP contribution in [0.3, 0.4) is 0 Å². The first kappa shape index (κ1) is 19.8. The van der Waals surface area contributed by atoms with Crippen LogP contribution in [-0.4, -0.2) is 50.2 Å². The number of hydrogen-bond acceptors (Lipinski definition) is 5. The van der Waals surface area contributed by atoms with Crippen LogP contribution in [-0.2, 0) is 6.54 Å². The van der Waals surface area contributed by atoms with E-state index in [0.717, 1.165) is 30.7 Å². The summed E-state index contributed by atoms with van der Waals surface area (Å²) < 4.78 is 2.01. The summed E-state index contributed by atoms with van der Waals surface area (Å²) in [5, 5.41) is 10.2. The molecule has 0 unspecified atom stereocenters. The van der Waals surface area contributed by atoms with Gasteiger partial charge in [-0.25, -0.2) is 10.1 Å². The third-order valence-corrected chi connectivity index (χ3v) is 5.33. The Morgan fingerprint density at radius 2 is 1.77 bits per heavy atom. The standard InChI is InChI=1S/C22H24N6O2/c1-3-27(4-2)13-14-28-18-12-8-7-11-17(18)23-22(28)24-21(30)19-15-9-5-6-10-16(15)20(29)26-25-19/h5-12H,3-4,13-14H2,1-2H3,(H,26,29)(H,23,24,30). The van der Waals surface area contributed by atoms with E-state index in [2.05, 4.69) is 39.2 Å². The van der Waals surface area contributed by atoms with Crippen molar-refractivity contribution in [2.24, 2.45) is 0 Å². The first-order chi connectivity index (χ1) is 14.6. The first-order valence-corrected chi connectivity index (χ1v) is 10.1. The first-order valence-electron chi connectivity index (χ1n) is 10.1. The number of rotatable bonds is 7. The van der Waals surface area contributed by atoms with Gasteiger partial charge < -0.3 is 9.47 Å². The van der Waals surface area contributed by atoms with Crippen molar-refractivity contribution in [3.8, 4) is 0 Å². The van der Waals surface area contributed by atoms with Gasteiger partial charge in [-0.15, -0.1) is 0 Å². The van der Waals surface area contributed by atoms with Gasteiger partial charge in [-0.05, 0) is 31.3 Å². The molecule has 0 saturated heterocycles. The normalized spacial score (nSPS) is 11.4. The molecule has 0 saturated carbocycles. The highest BCUT2D eigenvalue weighted by molar-refractivity contribution is 6.10. The number of para-hydroxylation sites is 2. The van der Waals surface area contributed by atoms with Crippen molar-refractivity contribution < 1.29 is 4.79 Å². The molecular formula is C22H24N6O2. The molecule has 2 N–H and O–H groups in total. The molecule has 0 aliphatic heterocycles. The number of anilines is 1. The van der Waals surface area contributed by atoms with Crippen molar-refractivity contribution in [1.82, 2.24) is 24.6 Å². The molecule has 2 aromatic carbocycles. The Kier molecular flexibility index (Phi) is 5.58. The number of carbonyl (C=O) groups excluding carboxylic acids is 1. The zero-order chi connectivity index (χ0) is 21.1. The summed E-state index contributed by atoms with van der Waals surface area (Å²) in [6.07, 6.45) is 0. The van der Waals surface area contributed by atoms with Crippen molar-refractivity contribution in [1.29, 1.82) is 0 Å². The zero-order valence-electron chi connectivity index (χ0n) is 17.1. The number of likely N-dealkylation sites (N-methyl/N-ethyl adjacent to an activating group) is 1. The van der Waals surface area contributed by atoms with E-state index in [-0.39, 0.29) is 11.3 Å². The summed E-state index contributed by atoms with van der Waals surface area (Å²) in [5.41, 5.74) is 1.60. The quantitative estimate of drug-likeness (QED) is 0.494. The molecule has 0 aliphatic rings. The van der Waals surface area contributed by atoms with Gasteiger partial charge in [0.2, 0.25) is 5.95 Å². The smallest absolute Gasteiger partial charge is 0.279 e. The van der Waals surface area contributed by atoms with Gasteiger partial charge in [-0.1, -0.05) is 44.2 Å². The van der Waals surface area contributed by atoms with E-state index in [0.29, 0.717) is 23.3 Å². The summed E-state index contributed by atoms with van der Waals surface area (Å²) in [5.74, 6) is 0.0484. The van der Waals surface area contributed by atoms with Crippen molar-refractivity contribution in [3.63, 3.8) is 0 Å². The Morgan fingerprint density at radius 3 is 2.53 bits per heavy atom. The summed E-state index contributed by atoms with van der Waals surface area (Å²) in [6.45, 7) is 7.71. The number of fused-ring (bicyclic) bond motifs is 2. The lowest BCUT2D eigenvalue weighted by molar-refractivity contribution is 0.102. The Bertz CT molecular complexity index is 1260. The monoisotopic (exact) mass is 404 g/mol. The van der Waals surface area contributed by atoms with Crippen LogP contribution in [0.5, 0.6) is 0 Å². The van der Waals surface area contributed by atoms with Gasteiger partial charge >= 0.3 is 0 Å². The number of aromatic amines is 1. The second-order valence-corrected chi connectivity index (χ2v) is 7.00. The summed E-state index contributed by atoms with van der Waals surface area (Å²) in [6, 6.07) is 14.7. The van der Waals surface area contributed by atoms with Crippen LogP contribution in [0.25, 0.3) is 21.8 Å². The minimum atomic E-state index is -0.415. The molecule has 0 aliphatic carbocycles. The molecule has 30 heavy (non-hydrogen) atoms. The van der Waals surface area contributed by atoms with Crippen LogP contribution in [0.15, 0.2) is 53.3 Å². The number of hydrogen-bond donors (Lipinski definition) is 2. The highest BCUT2D eigenvalue weighted by Gasteiger charge is 2.18. The molecular weight excluding hydrogens is 380 g/mol. The Hall–Kier alpha value is -3.52. The largest absolute Gasteiger partial charge is 0.309 e. The van der Waals surface area contributed by atoms with Crippen LogP contribution in [0.2, 0.25) is 0 Å². The third kappa shape index (κ3) is 3.69. The maximum atomic E-state index is 13.1. The second kappa shape index (κ2) is 8.46. The molecule has 0 bridgehead atoms. The Balaban J connectivity index is 1.70. The average Bonchev–Trinajstić information content (AvgIpc) is 3.12. The third-order valence-electron chi connectivity index (χ3n) is 5.33. The predicted molar refractivity (Wildman–Crippen MR) is 118 cm³/mol. The van der Waals surface area contributed by atoms with Gasteiger partial charge in [0.05, 0.1) is 16.4 Å². The summed E-state index contributed by atoms with van der Waals surface area (Å²) >= 11 is 0. The molecule has 0 fully saturated rings. The maximum absolute atomic E-state index is 13.1. The lowest BCUT2D eigenvalue weighted by Gasteiger charge is -2.19. The fourth-order valence-corrected chi connectivity index (χ4v) is 3.63. The average molecular weight is 404 g/mol. The van der Waals surface area contributed by atoms with Crippen molar-refractivity contribution in [2.45, 2.75) is 20.4 Å². The van der Waals surface area contributed by atoms with E-state index in [4.69, 9.17) is 0 Å². The molecule has 154 valence electrons. The maximum Gasteiger partial charge on any atom is 0.279 e. The molecule has 0 spiro atoms. The topological polar surface area (TPSA) is 95.9 Å². The predicted octanol–water partition coefficient (Wildman–Crippen LogP) is 2.87. The van der Waals surface area contributed by atoms with Gasteiger partial charge in [0.25, 0.3) is 11.5 Å². The molecule has 2 heterocycles. The number of carbonyl (C=O) groups is 1. The fraction of sp³-hybridized carbons (Fsp3) is 0.273. The number of benzene rings is 2. The Labute approximate surface area is 173 Å². The van der Waals surface area contributed by atoms with E-state index in [1.54, 1.807) is 24.3 Å². The number of aromatic nitrogens is 4. The number of nitrogens with one attached hydrogen (secondary N) is 2. The van der Waals surface area contributed by atoms with Crippen molar-refractivity contribution in [3.05, 3.63) is 64.6 Å². The van der Waals surface area contributed by atoms with E-state index < -0.39 is 5.91 Å². The molecule has 2 aromatic heterocycles. The molecule has 0 radical (unpaired) electrons. The lowest BCUT2D eigenvalue weighted by atomic mass is 10.1. The molecule has 8 nitrogen and oxygen atoms in total. The number of amides is 1. The zero-order valence-corrected chi connectivity index (χ0v) is 17.1. The van der Waals surface area contributed by atoms with E-state index in [1.807, 2.05) is 28.8 Å². The van der Waals surface area contributed by atoms with Crippen LogP contribution in [0.1, 0.15) is 24.3 Å². The molecule has 1 amide bonds. The van der Waals surface area contributed by atoms with Crippen molar-refractivity contribution >= 4 is 33.7 Å². The minimum Gasteiger partial charge on any atom is -0.309 e. The van der Waals surface area contributed by atoms with Gasteiger partial charge in [-0.2, -0.15) is 5.10 Å². The highest BCUT2D eigenvalue weighted by Crippen LogP contribution is 2.21. The Morgan fingerprint density at radius 1 is 1.07 bits per heavy atom. The summed E-state index contributed by atoms with van der Waals surface area (Å²) in [4.78, 5) is 32.0. The number of imidazole rings is 1. The minimum absolute atomic E-state index is 0.160. The molecule has 4 aromatic rings. The van der Waals surface area contributed by atoms with Crippen LogP contribution >= 0.6 is 0 Å². The molecule has 8 heteroatoms. The van der Waals surface area contributed by atoms with Crippen molar-refractivity contribution in [2.75, 3.05) is 25.0 Å². The summed E-state index contributed by atoms with van der Waals surface area (Å²) in [7, 11) is 0. The number of nitrogens with zero attached hydrogens (tertiary/aromatic N) is 4. The van der Waals surface area contributed by atoms with Gasteiger partial charge in [0.15, 0.2) is 5.69 Å². The molecule has 4 rings (SSSR count). The highest BCUT2D eigenvalue weighted by atomic mass is 16.2. The van der Waals surface area contributed by atoms with Gasteiger partial charge in [-0.3, -0.25) is 14.9 Å². The van der Waals surface area contributed by atoms with Gasteiger partial charge in [0, 0.05) is 18.5 Å². The van der Waals surface area contributed by atoms with Crippen LogP contribution < -0.4 is 10.9 Å². The SMILES string of the molecule is CCN(CC)CCn1c(NC(=O)c2n[nH]c(=O)c3ccccc23)nc2ccccc21.